The number of halogens is 4. The molecule has 2 heterocycles. The molecule has 2 aromatic heterocycles. The molecule has 1 N–H and O–H groups in total. The molecule has 0 radical (unpaired) electrons. The number of rotatable bonds is 6. The highest BCUT2D eigenvalue weighted by molar-refractivity contribution is 6.30. The summed E-state index contributed by atoms with van der Waals surface area (Å²) in [7, 11) is 1.50. The quantitative estimate of drug-likeness (QED) is 0.564. The lowest BCUT2D eigenvalue weighted by Crippen LogP contribution is -2.40. The number of allylic oxidation sites excluding steroid dienone is 2. The maximum absolute atomic E-state index is 13.4. The van der Waals surface area contributed by atoms with Crippen LogP contribution in [0.2, 0.25) is 5.02 Å². The Hall–Kier alpha value is -2.85. The minimum Gasteiger partial charge on any atom is -0.396 e. The van der Waals surface area contributed by atoms with Gasteiger partial charge in [-0.05, 0) is 49.0 Å². The number of benzene rings is 1. The van der Waals surface area contributed by atoms with E-state index in [0.717, 1.165) is 10.1 Å². The van der Waals surface area contributed by atoms with Gasteiger partial charge < -0.3 is 9.67 Å². The van der Waals surface area contributed by atoms with Gasteiger partial charge in [-0.1, -0.05) is 29.8 Å². The van der Waals surface area contributed by atoms with Crippen LogP contribution in [0.25, 0.3) is 16.7 Å². The van der Waals surface area contributed by atoms with Crippen molar-refractivity contribution < 1.29 is 18.3 Å². The van der Waals surface area contributed by atoms with Crippen LogP contribution in [-0.4, -0.2) is 36.6 Å². The third-order valence-electron chi connectivity index (χ3n) is 6.19. The average Bonchev–Trinajstić information content (AvgIpc) is 3.18. The molecule has 0 bridgehead atoms. The molecule has 0 amide bonds. The largest absolute Gasteiger partial charge is 0.396 e. The molecule has 0 saturated carbocycles. The lowest BCUT2D eigenvalue weighted by molar-refractivity contribution is -0.175. The highest BCUT2D eigenvalue weighted by Gasteiger charge is 2.40. The monoisotopic (exact) mass is 496 g/mol. The van der Waals surface area contributed by atoms with Gasteiger partial charge in [-0.3, -0.25) is 13.9 Å². The van der Waals surface area contributed by atoms with E-state index in [4.69, 9.17) is 11.6 Å². The van der Waals surface area contributed by atoms with Crippen LogP contribution in [0.1, 0.15) is 37.1 Å². The van der Waals surface area contributed by atoms with E-state index < -0.39 is 23.3 Å². The molecular formula is C23H24ClF3N4O3. The Morgan fingerprint density at radius 2 is 1.88 bits per heavy atom. The Kier molecular flexibility index (Phi) is 6.73. The Morgan fingerprint density at radius 1 is 1.18 bits per heavy atom. The number of hydrogen-bond acceptors (Lipinski definition) is 4. The van der Waals surface area contributed by atoms with Crippen molar-refractivity contribution >= 4 is 28.3 Å². The first-order valence-electron chi connectivity index (χ1n) is 10.9. The van der Waals surface area contributed by atoms with Gasteiger partial charge in [0.2, 0.25) is 0 Å². The summed E-state index contributed by atoms with van der Waals surface area (Å²) in [4.78, 5) is 30.7. The number of nitrogens with zero attached hydrogens (tertiary/aromatic N) is 4. The molecular weight excluding hydrogens is 473 g/mol. The fourth-order valence-corrected chi connectivity index (χ4v) is 4.43. The molecule has 11 heteroatoms. The van der Waals surface area contributed by atoms with Crippen molar-refractivity contribution in [2.24, 2.45) is 13.0 Å². The standard InChI is InChI=1S/C23H24ClF3N4O3/c1-29-20-18(21(33)30(22(29)34)11-2-12-32)31(13-14-3-9-17(24)10-4-14)19(28-20)15-5-7-16(8-6-15)23(25,26)27/h3-5,9-10,16,32H,2,6-8,11-13H2,1H3. The molecule has 1 atom stereocenters. The molecule has 0 aliphatic heterocycles. The van der Waals surface area contributed by atoms with E-state index in [9.17, 15) is 27.9 Å². The molecule has 0 saturated heterocycles. The van der Waals surface area contributed by atoms with E-state index in [1.54, 1.807) is 28.8 Å². The van der Waals surface area contributed by atoms with Crippen LogP contribution >= 0.6 is 11.6 Å². The molecule has 0 spiro atoms. The first-order valence-corrected chi connectivity index (χ1v) is 11.3. The number of imidazole rings is 1. The fraction of sp³-hybridized carbons (Fsp3) is 0.435. The van der Waals surface area contributed by atoms with Crippen molar-refractivity contribution in [3.8, 4) is 0 Å². The van der Waals surface area contributed by atoms with Crippen LogP contribution in [0.4, 0.5) is 13.2 Å². The first-order chi connectivity index (χ1) is 16.1. The summed E-state index contributed by atoms with van der Waals surface area (Å²) in [5.74, 6) is -1.04. The van der Waals surface area contributed by atoms with Gasteiger partial charge in [-0.15, -0.1) is 0 Å². The maximum atomic E-state index is 13.4. The average molecular weight is 497 g/mol. The SMILES string of the molecule is Cn1c(=O)n(CCCO)c(=O)c2c1nc(C1=CCC(C(F)(F)F)CC1)n2Cc1ccc(Cl)cc1. The van der Waals surface area contributed by atoms with E-state index in [0.29, 0.717) is 16.4 Å². The number of aliphatic hydroxyl groups excluding tert-OH is 1. The minimum absolute atomic E-state index is 0.0371. The Morgan fingerprint density at radius 3 is 2.47 bits per heavy atom. The van der Waals surface area contributed by atoms with E-state index in [1.165, 1.54) is 17.7 Å². The molecule has 0 fully saturated rings. The second-order valence-electron chi connectivity index (χ2n) is 8.44. The summed E-state index contributed by atoms with van der Waals surface area (Å²) in [5.41, 5.74) is 0.651. The van der Waals surface area contributed by atoms with Crippen LogP contribution < -0.4 is 11.2 Å². The van der Waals surface area contributed by atoms with E-state index in [-0.39, 0.29) is 56.5 Å². The highest BCUT2D eigenvalue weighted by atomic mass is 35.5. The molecule has 1 aliphatic carbocycles. The number of fused-ring (bicyclic) bond motifs is 1. The number of aryl methyl sites for hydroxylation is 1. The van der Waals surface area contributed by atoms with Gasteiger partial charge in [0.15, 0.2) is 11.2 Å². The molecule has 7 nitrogen and oxygen atoms in total. The van der Waals surface area contributed by atoms with Crippen LogP contribution in [-0.2, 0) is 20.1 Å². The lowest BCUT2D eigenvalue weighted by Gasteiger charge is -2.24. The molecule has 182 valence electrons. The predicted octanol–water partition coefficient (Wildman–Crippen LogP) is 3.73. The summed E-state index contributed by atoms with van der Waals surface area (Å²) in [6.45, 7) is 0.0715. The van der Waals surface area contributed by atoms with Crippen LogP contribution in [0.5, 0.6) is 0 Å². The third kappa shape index (κ3) is 4.56. The zero-order chi connectivity index (χ0) is 24.6. The smallest absolute Gasteiger partial charge is 0.392 e. The topological polar surface area (TPSA) is 82.0 Å². The third-order valence-corrected chi connectivity index (χ3v) is 6.44. The van der Waals surface area contributed by atoms with Crippen LogP contribution in [0.15, 0.2) is 39.9 Å². The van der Waals surface area contributed by atoms with Gasteiger partial charge in [-0.25, -0.2) is 9.78 Å². The minimum atomic E-state index is -4.27. The summed E-state index contributed by atoms with van der Waals surface area (Å²) in [5, 5.41) is 9.72. The van der Waals surface area contributed by atoms with Crippen LogP contribution in [0.3, 0.4) is 0 Å². The van der Waals surface area contributed by atoms with Crippen molar-refractivity contribution in [3.05, 3.63) is 67.6 Å². The summed E-state index contributed by atoms with van der Waals surface area (Å²) < 4.78 is 43.5. The van der Waals surface area contributed by atoms with Gasteiger partial charge >= 0.3 is 11.9 Å². The van der Waals surface area contributed by atoms with E-state index in [2.05, 4.69) is 4.98 Å². The Labute approximate surface area is 197 Å². The number of aromatic nitrogens is 4. The molecule has 34 heavy (non-hydrogen) atoms. The van der Waals surface area contributed by atoms with Gasteiger partial charge in [-0.2, -0.15) is 13.2 Å². The van der Waals surface area contributed by atoms with Gasteiger partial charge in [0.1, 0.15) is 5.82 Å². The molecule has 1 aliphatic rings. The maximum Gasteiger partial charge on any atom is 0.392 e. The van der Waals surface area contributed by atoms with Crippen molar-refractivity contribution in [1.82, 2.24) is 18.7 Å². The van der Waals surface area contributed by atoms with Crippen LogP contribution in [0, 0.1) is 5.92 Å². The zero-order valence-corrected chi connectivity index (χ0v) is 19.2. The second-order valence-corrected chi connectivity index (χ2v) is 8.87. The van der Waals surface area contributed by atoms with E-state index >= 15 is 0 Å². The number of aliphatic hydroxyl groups is 1. The zero-order valence-electron chi connectivity index (χ0n) is 18.5. The molecule has 1 unspecified atom stereocenters. The molecule has 3 aromatic rings. The Balaban J connectivity index is 1.91. The summed E-state index contributed by atoms with van der Waals surface area (Å²) in [6.07, 6.45) is -2.59. The second kappa shape index (κ2) is 9.42. The van der Waals surface area contributed by atoms with Gasteiger partial charge in [0, 0.05) is 31.8 Å². The van der Waals surface area contributed by atoms with E-state index in [1.807, 2.05) is 0 Å². The van der Waals surface area contributed by atoms with Gasteiger partial charge in [0.05, 0.1) is 5.92 Å². The highest BCUT2D eigenvalue weighted by Crippen LogP contribution is 2.39. The van der Waals surface area contributed by atoms with Crippen molar-refractivity contribution in [2.45, 2.75) is 44.9 Å². The van der Waals surface area contributed by atoms with Crippen molar-refractivity contribution in [3.63, 3.8) is 0 Å². The summed E-state index contributed by atoms with van der Waals surface area (Å²) >= 11 is 5.99. The van der Waals surface area contributed by atoms with Crippen molar-refractivity contribution in [2.75, 3.05) is 6.61 Å². The molecule has 4 rings (SSSR count). The number of alkyl halides is 3. The number of hydrogen-bond donors (Lipinski definition) is 1. The Bertz CT molecular complexity index is 1350. The fourth-order valence-electron chi connectivity index (χ4n) is 4.30. The first kappa shape index (κ1) is 24.3. The predicted molar refractivity (Wildman–Crippen MR) is 123 cm³/mol. The van der Waals surface area contributed by atoms with Gasteiger partial charge in [0.25, 0.3) is 5.56 Å². The van der Waals surface area contributed by atoms with Crippen molar-refractivity contribution in [1.29, 1.82) is 0 Å². The lowest BCUT2D eigenvalue weighted by atomic mass is 9.89. The summed E-state index contributed by atoms with van der Waals surface area (Å²) in [6, 6.07) is 7.00. The normalized spacial score (nSPS) is 16.8. The molecule has 1 aromatic carbocycles.